The number of piperidine rings is 1. The van der Waals surface area contributed by atoms with Crippen LogP contribution in [0.25, 0.3) is 0 Å². The summed E-state index contributed by atoms with van der Waals surface area (Å²) >= 11 is 1.64. The van der Waals surface area contributed by atoms with Gasteiger partial charge in [-0.3, -0.25) is 4.79 Å². The lowest BCUT2D eigenvalue weighted by atomic mass is 10.1. The van der Waals surface area contributed by atoms with Gasteiger partial charge in [0.15, 0.2) is 0 Å². The summed E-state index contributed by atoms with van der Waals surface area (Å²) in [6.45, 7) is 1.60. The largest absolute Gasteiger partial charge is 0.341 e. The Labute approximate surface area is 93.9 Å². The van der Waals surface area contributed by atoms with Gasteiger partial charge in [0, 0.05) is 24.0 Å². The number of carbonyl (C=O) groups is 1. The molecule has 0 aromatic carbocycles. The van der Waals surface area contributed by atoms with Gasteiger partial charge in [-0.2, -0.15) is 0 Å². The summed E-state index contributed by atoms with van der Waals surface area (Å²) in [6.07, 6.45) is 2.62. The standard InChI is InChI=1S/C11H16N2OS/c12-9-3-1-5-13(8-9)11(14)7-10-4-2-6-15-10/h2,4,6,9H,1,3,5,7-8,12H2/t9-/m1/s1. The van der Waals surface area contributed by atoms with E-state index in [1.54, 1.807) is 11.3 Å². The maximum atomic E-state index is 11.9. The van der Waals surface area contributed by atoms with Gasteiger partial charge in [-0.15, -0.1) is 11.3 Å². The Morgan fingerprint density at radius 2 is 2.53 bits per heavy atom. The molecule has 1 atom stereocenters. The van der Waals surface area contributed by atoms with Gasteiger partial charge in [-0.1, -0.05) is 6.07 Å². The van der Waals surface area contributed by atoms with Crippen LogP contribution in [0.3, 0.4) is 0 Å². The molecule has 0 bridgehead atoms. The van der Waals surface area contributed by atoms with Gasteiger partial charge in [0.25, 0.3) is 0 Å². The number of likely N-dealkylation sites (tertiary alicyclic amines) is 1. The van der Waals surface area contributed by atoms with E-state index in [1.807, 2.05) is 22.4 Å². The molecule has 0 saturated carbocycles. The summed E-state index contributed by atoms with van der Waals surface area (Å²) in [5.41, 5.74) is 5.85. The normalized spacial score (nSPS) is 21.7. The highest BCUT2D eigenvalue weighted by Crippen LogP contribution is 2.13. The number of amides is 1. The molecule has 0 aliphatic carbocycles. The summed E-state index contributed by atoms with van der Waals surface area (Å²) in [6, 6.07) is 4.16. The van der Waals surface area contributed by atoms with Crippen LogP contribution in [0, 0.1) is 0 Å². The summed E-state index contributed by atoms with van der Waals surface area (Å²) in [4.78, 5) is 14.9. The Morgan fingerprint density at radius 3 is 3.20 bits per heavy atom. The quantitative estimate of drug-likeness (QED) is 0.821. The summed E-state index contributed by atoms with van der Waals surface area (Å²) in [5, 5.41) is 2.00. The average Bonchev–Trinajstić information content (AvgIpc) is 2.70. The molecule has 1 aromatic heterocycles. The van der Waals surface area contributed by atoms with Crippen LogP contribution in [0.1, 0.15) is 17.7 Å². The molecular weight excluding hydrogens is 208 g/mol. The lowest BCUT2D eigenvalue weighted by Gasteiger charge is -2.30. The minimum absolute atomic E-state index is 0.172. The van der Waals surface area contributed by atoms with Crippen molar-refractivity contribution in [3.63, 3.8) is 0 Å². The number of hydrogen-bond donors (Lipinski definition) is 1. The van der Waals surface area contributed by atoms with Crippen LogP contribution in [0.5, 0.6) is 0 Å². The summed E-state index contributed by atoms with van der Waals surface area (Å²) < 4.78 is 0. The minimum Gasteiger partial charge on any atom is -0.341 e. The Bertz CT molecular complexity index is 323. The van der Waals surface area contributed by atoms with Gasteiger partial charge in [0.05, 0.1) is 6.42 Å². The number of nitrogens with zero attached hydrogens (tertiary/aromatic N) is 1. The fraction of sp³-hybridized carbons (Fsp3) is 0.545. The topological polar surface area (TPSA) is 46.3 Å². The van der Waals surface area contributed by atoms with Crippen molar-refractivity contribution in [2.45, 2.75) is 25.3 Å². The zero-order valence-electron chi connectivity index (χ0n) is 8.69. The van der Waals surface area contributed by atoms with Gasteiger partial charge in [-0.25, -0.2) is 0 Å². The van der Waals surface area contributed by atoms with Crippen LogP contribution in [0.15, 0.2) is 17.5 Å². The SMILES string of the molecule is N[C@@H]1CCCN(C(=O)Cc2cccs2)C1. The second-order valence-corrected chi connectivity index (χ2v) is 5.03. The van der Waals surface area contributed by atoms with Crippen LogP contribution in [-0.4, -0.2) is 29.9 Å². The van der Waals surface area contributed by atoms with Crippen molar-refractivity contribution in [2.24, 2.45) is 5.73 Å². The average molecular weight is 224 g/mol. The minimum atomic E-state index is 0.172. The molecule has 1 amide bonds. The molecule has 2 heterocycles. The van der Waals surface area contributed by atoms with E-state index < -0.39 is 0 Å². The fourth-order valence-corrected chi connectivity index (χ4v) is 2.61. The van der Waals surface area contributed by atoms with Crippen molar-refractivity contribution in [1.82, 2.24) is 4.90 Å². The smallest absolute Gasteiger partial charge is 0.227 e. The zero-order valence-corrected chi connectivity index (χ0v) is 9.50. The highest BCUT2D eigenvalue weighted by Gasteiger charge is 2.21. The van der Waals surface area contributed by atoms with Crippen molar-refractivity contribution in [3.8, 4) is 0 Å². The van der Waals surface area contributed by atoms with Crippen LogP contribution in [-0.2, 0) is 11.2 Å². The van der Waals surface area contributed by atoms with Crippen molar-refractivity contribution in [3.05, 3.63) is 22.4 Å². The molecule has 1 fully saturated rings. The molecule has 1 aliphatic rings. The van der Waals surface area contributed by atoms with Gasteiger partial charge in [0.1, 0.15) is 0 Å². The molecular formula is C11H16N2OS. The third-order valence-corrected chi connectivity index (χ3v) is 3.59. The van der Waals surface area contributed by atoms with Gasteiger partial charge in [-0.05, 0) is 24.3 Å². The van der Waals surface area contributed by atoms with E-state index >= 15 is 0 Å². The maximum absolute atomic E-state index is 11.9. The Kier molecular flexibility index (Phi) is 3.38. The molecule has 1 aliphatic heterocycles. The van der Waals surface area contributed by atoms with E-state index in [1.165, 1.54) is 0 Å². The first kappa shape index (κ1) is 10.6. The molecule has 0 spiro atoms. The highest BCUT2D eigenvalue weighted by molar-refractivity contribution is 7.10. The Hall–Kier alpha value is -0.870. The summed E-state index contributed by atoms with van der Waals surface area (Å²) in [7, 11) is 0. The molecule has 82 valence electrons. The second kappa shape index (κ2) is 4.77. The second-order valence-electron chi connectivity index (χ2n) is 4.00. The number of nitrogens with two attached hydrogens (primary N) is 1. The third kappa shape index (κ3) is 2.79. The van der Waals surface area contributed by atoms with Crippen molar-refractivity contribution >= 4 is 17.2 Å². The van der Waals surface area contributed by atoms with Gasteiger partial charge >= 0.3 is 0 Å². The van der Waals surface area contributed by atoms with Crippen LogP contribution in [0.4, 0.5) is 0 Å². The summed E-state index contributed by atoms with van der Waals surface area (Å²) in [5.74, 6) is 0.215. The number of hydrogen-bond acceptors (Lipinski definition) is 3. The molecule has 2 N–H and O–H groups in total. The van der Waals surface area contributed by atoms with Crippen molar-refractivity contribution in [2.75, 3.05) is 13.1 Å². The molecule has 1 saturated heterocycles. The molecule has 1 aromatic rings. The van der Waals surface area contributed by atoms with Crippen molar-refractivity contribution < 1.29 is 4.79 Å². The fourth-order valence-electron chi connectivity index (χ4n) is 1.91. The van der Waals surface area contributed by atoms with E-state index in [4.69, 9.17) is 5.73 Å². The lowest BCUT2D eigenvalue weighted by molar-refractivity contribution is -0.131. The van der Waals surface area contributed by atoms with Crippen LogP contribution >= 0.6 is 11.3 Å². The zero-order chi connectivity index (χ0) is 10.7. The molecule has 2 rings (SSSR count). The predicted octanol–water partition coefficient (Wildman–Crippen LogP) is 1.24. The molecule has 3 nitrogen and oxygen atoms in total. The lowest BCUT2D eigenvalue weighted by Crippen LogP contribution is -2.46. The number of thiophene rings is 1. The first-order chi connectivity index (χ1) is 7.25. The van der Waals surface area contributed by atoms with E-state index in [0.717, 1.165) is 30.8 Å². The first-order valence-electron chi connectivity index (χ1n) is 5.31. The van der Waals surface area contributed by atoms with Crippen molar-refractivity contribution in [1.29, 1.82) is 0 Å². The van der Waals surface area contributed by atoms with E-state index in [0.29, 0.717) is 6.42 Å². The number of carbonyl (C=O) groups excluding carboxylic acids is 1. The van der Waals surface area contributed by atoms with Crippen LogP contribution < -0.4 is 5.73 Å². The van der Waals surface area contributed by atoms with Gasteiger partial charge < -0.3 is 10.6 Å². The molecule has 15 heavy (non-hydrogen) atoms. The molecule has 0 unspecified atom stereocenters. The predicted molar refractivity (Wildman–Crippen MR) is 61.8 cm³/mol. The first-order valence-corrected chi connectivity index (χ1v) is 6.19. The monoisotopic (exact) mass is 224 g/mol. The Balaban J connectivity index is 1.90. The molecule has 0 radical (unpaired) electrons. The number of rotatable bonds is 2. The van der Waals surface area contributed by atoms with E-state index in [9.17, 15) is 4.79 Å². The maximum Gasteiger partial charge on any atom is 0.227 e. The highest BCUT2D eigenvalue weighted by atomic mass is 32.1. The van der Waals surface area contributed by atoms with Crippen LogP contribution in [0.2, 0.25) is 0 Å². The third-order valence-electron chi connectivity index (χ3n) is 2.72. The van der Waals surface area contributed by atoms with E-state index in [-0.39, 0.29) is 11.9 Å². The van der Waals surface area contributed by atoms with E-state index in [2.05, 4.69) is 0 Å². The Morgan fingerprint density at radius 1 is 1.67 bits per heavy atom. The van der Waals surface area contributed by atoms with Gasteiger partial charge in [0.2, 0.25) is 5.91 Å². The molecule has 4 heteroatoms.